The number of halogens is 2. The molecule has 1 aromatic heterocycles. The number of rotatable bonds is 4. The number of amides is 1. The highest BCUT2D eigenvalue weighted by Gasteiger charge is 2.19. The smallest absolute Gasteiger partial charge is 0.295 e. The van der Waals surface area contributed by atoms with E-state index in [2.05, 4.69) is 15.4 Å². The van der Waals surface area contributed by atoms with Gasteiger partial charge in [-0.25, -0.2) is 9.67 Å². The van der Waals surface area contributed by atoms with Crippen molar-refractivity contribution in [2.45, 2.75) is 13.8 Å². The number of anilines is 1. The molecule has 4 rings (SSSR count). The van der Waals surface area contributed by atoms with E-state index in [9.17, 15) is 4.79 Å². The summed E-state index contributed by atoms with van der Waals surface area (Å²) in [5, 5.41) is 8.56. The number of benzene rings is 3. The minimum Gasteiger partial charge on any atom is -0.319 e. The third kappa shape index (κ3) is 4.22. The van der Waals surface area contributed by atoms with Crippen LogP contribution in [0.5, 0.6) is 0 Å². The van der Waals surface area contributed by atoms with Crippen molar-refractivity contribution in [3.63, 3.8) is 0 Å². The molecule has 1 N–H and O–H groups in total. The van der Waals surface area contributed by atoms with E-state index in [4.69, 9.17) is 23.2 Å². The summed E-state index contributed by atoms with van der Waals surface area (Å²) in [6.07, 6.45) is 0. The molecule has 7 heteroatoms. The maximum atomic E-state index is 12.9. The first kappa shape index (κ1) is 20.1. The van der Waals surface area contributed by atoms with Gasteiger partial charge in [0.2, 0.25) is 5.82 Å². The standard InChI is InChI=1S/C23H18Cl2N4O/c1-14-6-7-15(2)20(12-14)26-23(30)21-27-22(16-4-3-5-18(25)13-16)29(28-21)19-10-8-17(24)9-11-19/h3-13H,1-2H3,(H,26,30). The monoisotopic (exact) mass is 436 g/mol. The Hall–Kier alpha value is -3.15. The fourth-order valence-electron chi connectivity index (χ4n) is 3.03. The fourth-order valence-corrected chi connectivity index (χ4v) is 3.35. The Morgan fingerprint density at radius 1 is 0.933 bits per heavy atom. The number of aromatic nitrogens is 3. The first-order chi connectivity index (χ1) is 14.4. The second-order valence-electron chi connectivity index (χ2n) is 6.93. The van der Waals surface area contributed by atoms with E-state index in [1.807, 2.05) is 56.3 Å². The number of hydrogen-bond donors (Lipinski definition) is 1. The first-order valence-electron chi connectivity index (χ1n) is 9.28. The Labute approximate surface area is 184 Å². The van der Waals surface area contributed by atoms with Crippen LogP contribution in [0.3, 0.4) is 0 Å². The van der Waals surface area contributed by atoms with Crippen LogP contribution in [0.4, 0.5) is 5.69 Å². The molecule has 0 aliphatic rings. The Morgan fingerprint density at radius 2 is 1.70 bits per heavy atom. The third-order valence-electron chi connectivity index (χ3n) is 4.61. The average Bonchev–Trinajstić information content (AvgIpc) is 3.17. The van der Waals surface area contributed by atoms with Crippen LogP contribution in [0, 0.1) is 13.8 Å². The molecule has 0 radical (unpaired) electrons. The van der Waals surface area contributed by atoms with Gasteiger partial charge in [-0.1, -0.05) is 47.5 Å². The molecular weight excluding hydrogens is 419 g/mol. The maximum Gasteiger partial charge on any atom is 0.295 e. The molecule has 3 aromatic carbocycles. The predicted molar refractivity (Wildman–Crippen MR) is 121 cm³/mol. The summed E-state index contributed by atoms with van der Waals surface area (Å²) >= 11 is 12.2. The molecule has 0 saturated carbocycles. The highest BCUT2D eigenvalue weighted by atomic mass is 35.5. The first-order valence-corrected chi connectivity index (χ1v) is 10.0. The van der Waals surface area contributed by atoms with E-state index >= 15 is 0 Å². The van der Waals surface area contributed by atoms with Gasteiger partial charge >= 0.3 is 0 Å². The second kappa shape index (κ2) is 8.30. The zero-order chi connectivity index (χ0) is 21.3. The lowest BCUT2D eigenvalue weighted by Crippen LogP contribution is -2.15. The molecule has 0 unspecified atom stereocenters. The fraction of sp³-hybridized carbons (Fsp3) is 0.0870. The lowest BCUT2D eigenvalue weighted by molar-refractivity contribution is 0.101. The number of nitrogens with zero attached hydrogens (tertiary/aromatic N) is 3. The van der Waals surface area contributed by atoms with Crippen molar-refractivity contribution in [2.75, 3.05) is 5.32 Å². The second-order valence-corrected chi connectivity index (χ2v) is 7.80. The van der Waals surface area contributed by atoms with Crippen LogP contribution in [-0.2, 0) is 0 Å². The topological polar surface area (TPSA) is 59.8 Å². The van der Waals surface area contributed by atoms with Crippen molar-refractivity contribution in [2.24, 2.45) is 0 Å². The summed E-state index contributed by atoms with van der Waals surface area (Å²) in [4.78, 5) is 17.4. The average molecular weight is 437 g/mol. The van der Waals surface area contributed by atoms with Crippen LogP contribution >= 0.6 is 23.2 Å². The zero-order valence-electron chi connectivity index (χ0n) is 16.4. The molecule has 5 nitrogen and oxygen atoms in total. The normalized spacial score (nSPS) is 10.8. The SMILES string of the molecule is Cc1ccc(C)c(NC(=O)c2nc(-c3cccc(Cl)c3)n(-c3ccc(Cl)cc3)n2)c1. The molecule has 30 heavy (non-hydrogen) atoms. The number of aryl methyl sites for hydroxylation is 2. The van der Waals surface area contributed by atoms with Crippen LogP contribution in [0.15, 0.2) is 66.7 Å². The van der Waals surface area contributed by atoms with Crippen LogP contribution in [-0.4, -0.2) is 20.7 Å². The van der Waals surface area contributed by atoms with Crippen molar-refractivity contribution >= 4 is 34.8 Å². The molecular formula is C23H18Cl2N4O. The molecule has 0 bridgehead atoms. The molecule has 1 heterocycles. The molecule has 0 fully saturated rings. The van der Waals surface area contributed by atoms with Gasteiger partial charge in [0.25, 0.3) is 5.91 Å². The minimum absolute atomic E-state index is 0.0563. The molecule has 0 aliphatic heterocycles. The summed E-state index contributed by atoms with van der Waals surface area (Å²) in [6, 6.07) is 20.3. The van der Waals surface area contributed by atoms with Crippen LogP contribution in [0.2, 0.25) is 10.0 Å². The maximum absolute atomic E-state index is 12.9. The summed E-state index contributed by atoms with van der Waals surface area (Å²) in [5.41, 5.74) is 4.21. The summed E-state index contributed by atoms with van der Waals surface area (Å²) in [6.45, 7) is 3.91. The molecule has 4 aromatic rings. The van der Waals surface area contributed by atoms with Crippen LogP contribution < -0.4 is 5.32 Å². The van der Waals surface area contributed by atoms with Crippen molar-refractivity contribution < 1.29 is 4.79 Å². The Bertz CT molecular complexity index is 1230. The molecule has 150 valence electrons. The number of carbonyl (C=O) groups is 1. The van der Waals surface area contributed by atoms with E-state index in [-0.39, 0.29) is 11.7 Å². The lowest BCUT2D eigenvalue weighted by atomic mass is 10.1. The van der Waals surface area contributed by atoms with Gasteiger partial charge in [0, 0.05) is 21.3 Å². The molecule has 0 saturated heterocycles. The quantitative estimate of drug-likeness (QED) is 0.419. The van der Waals surface area contributed by atoms with Gasteiger partial charge in [-0.3, -0.25) is 4.79 Å². The predicted octanol–water partition coefficient (Wildman–Crippen LogP) is 6.11. The molecule has 1 amide bonds. The van der Waals surface area contributed by atoms with E-state index in [1.54, 1.807) is 28.9 Å². The van der Waals surface area contributed by atoms with Crippen LogP contribution in [0.1, 0.15) is 21.7 Å². The summed E-state index contributed by atoms with van der Waals surface area (Å²) < 4.78 is 1.61. The van der Waals surface area contributed by atoms with Gasteiger partial charge in [-0.15, -0.1) is 5.10 Å². The minimum atomic E-state index is -0.389. The molecule has 0 atom stereocenters. The highest BCUT2D eigenvalue weighted by Crippen LogP contribution is 2.25. The lowest BCUT2D eigenvalue weighted by Gasteiger charge is -2.07. The highest BCUT2D eigenvalue weighted by molar-refractivity contribution is 6.31. The van der Waals surface area contributed by atoms with E-state index in [0.29, 0.717) is 15.9 Å². The summed E-state index contributed by atoms with van der Waals surface area (Å²) in [5.74, 6) is 0.173. The van der Waals surface area contributed by atoms with E-state index in [1.165, 1.54) is 0 Å². The number of hydrogen-bond acceptors (Lipinski definition) is 3. The third-order valence-corrected chi connectivity index (χ3v) is 5.09. The Balaban J connectivity index is 1.77. The largest absolute Gasteiger partial charge is 0.319 e. The Kier molecular flexibility index (Phi) is 5.57. The molecule has 0 aliphatic carbocycles. The van der Waals surface area contributed by atoms with Gasteiger partial charge in [0.15, 0.2) is 5.82 Å². The zero-order valence-corrected chi connectivity index (χ0v) is 17.9. The van der Waals surface area contributed by atoms with Gasteiger partial charge in [-0.05, 0) is 67.4 Å². The molecule has 0 spiro atoms. The number of carbonyl (C=O) groups excluding carboxylic acids is 1. The van der Waals surface area contributed by atoms with Crippen molar-refractivity contribution in [3.8, 4) is 17.1 Å². The van der Waals surface area contributed by atoms with E-state index < -0.39 is 0 Å². The van der Waals surface area contributed by atoms with Crippen molar-refractivity contribution in [3.05, 3.63) is 93.7 Å². The van der Waals surface area contributed by atoms with Crippen LogP contribution in [0.25, 0.3) is 17.1 Å². The number of nitrogens with one attached hydrogen (secondary N) is 1. The van der Waals surface area contributed by atoms with Crippen molar-refractivity contribution in [1.29, 1.82) is 0 Å². The van der Waals surface area contributed by atoms with Gasteiger partial charge in [-0.2, -0.15) is 0 Å². The Morgan fingerprint density at radius 3 is 2.43 bits per heavy atom. The van der Waals surface area contributed by atoms with Crippen molar-refractivity contribution in [1.82, 2.24) is 14.8 Å². The van der Waals surface area contributed by atoms with E-state index in [0.717, 1.165) is 28.1 Å². The van der Waals surface area contributed by atoms with Gasteiger partial charge in [0.1, 0.15) is 0 Å². The summed E-state index contributed by atoms with van der Waals surface area (Å²) in [7, 11) is 0. The van der Waals surface area contributed by atoms with Gasteiger partial charge < -0.3 is 5.32 Å². The van der Waals surface area contributed by atoms with Gasteiger partial charge in [0.05, 0.1) is 5.69 Å².